The molecule has 0 aliphatic carbocycles. The van der Waals surface area contributed by atoms with Gasteiger partial charge >= 0.3 is 6.09 Å². The number of hydroxylamine groups is 1. The van der Waals surface area contributed by atoms with Crippen LogP contribution in [-0.2, 0) is 16.0 Å². The molecule has 10 nitrogen and oxygen atoms in total. The van der Waals surface area contributed by atoms with Crippen molar-refractivity contribution in [3.05, 3.63) is 70.8 Å². The molecule has 0 aromatic heterocycles. The first-order chi connectivity index (χ1) is 18.3. The molecule has 0 aliphatic rings. The molecule has 10 heteroatoms. The zero-order valence-corrected chi connectivity index (χ0v) is 23.4. The highest BCUT2D eigenvalue weighted by Crippen LogP contribution is 2.16. The number of aliphatic hydroxyl groups is 1. The number of amides is 2. The summed E-state index contributed by atoms with van der Waals surface area (Å²) in [5, 5.41) is 28.2. The summed E-state index contributed by atoms with van der Waals surface area (Å²) in [4.78, 5) is 25.2. The third-order valence-corrected chi connectivity index (χ3v) is 5.60. The SMILES string of the molecule is COCCNCc1ccc(C#Cc2ccc(C(=O)N[C@H](C(O)NO)C(C)(C)NC(=O)OC(C)(C)C)cc2)cc1. The number of benzene rings is 2. The van der Waals surface area contributed by atoms with Gasteiger partial charge in [0.1, 0.15) is 11.8 Å². The Hall–Kier alpha value is -3.46. The van der Waals surface area contributed by atoms with Gasteiger partial charge in [0.05, 0.1) is 18.2 Å². The van der Waals surface area contributed by atoms with E-state index in [-0.39, 0.29) is 0 Å². The monoisotopic (exact) mass is 540 g/mol. The number of aliphatic hydroxyl groups excluding tert-OH is 1. The van der Waals surface area contributed by atoms with Crippen LogP contribution in [0.2, 0.25) is 0 Å². The number of carbonyl (C=O) groups excluding carboxylic acids is 2. The van der Waals surface area contributed by atoms with E-state index in [1.165, 1.54) is 0 Å². The van der Waals surface area contributed by atoms with E-state index in [9.17, 15) is 19.9 Å². The zero-order valence-electron chi connectivity index (χ0n) is 23.4. The molecule has 212 valence electrons. The van der Waals surface area contributed by atoms with Crippen LogP contribution >= 0.6 is 0 Å². The lowest BCUT2D eigenvalue weighted by Gasteiger charge is -2.38. The standard InChI is InChI=1S/C29H40N4O6/c1-28(2,3)39-27(36)32-29(4,5)24(26(35)33-37)31-25(34)23-15-13-21(14-16-23)8-7-20-9-11-22(12-10-20)19-30-17-18-38-6/h9-16,24,26,30,33,35,37H,17-19H2,1-6H3,(H,31,34)(H,32,36)/t24-,26?/m1/s1. The number of ether oxygens (including phenoxy) is 2. The Balaban J connectivity index is 2.04. The second-order valence-electron chi connectivity index (χ2n) is 10.6. The highest BCUT2D eigenvalue weighted by atomic mass is 16.6. The van der Waals surface area contributed by atoms with Gasteiger partial charge in [-0.15, -0.1) is 0 Å². The number of methoxy groups -OCH3 is 1. The largest absolute Gasteiger partial charge is 0.444 e. The van der Waals surface area contributed by atoms with Crippen LogP contribution in [0.3, 0.4) is 0 Å². The first kappa shape index (κ1) is 31.8. The zero-order chi connectivity index (χ0) is 29.1. The summed E-state index contributed by atoms with van der Waals surface area (Å²) in [5.41, 5.74) is 2.85. The molecular formula is C29H40N4O6. The van der Waals surface area contributed by atoms with E-state index in [4.69, 9.17) is 9.47 Å². The van der Waals surface area contributed by atoms with Crippen LogP contribution in [0.15, 0.2) is 48.5 Å². The molecule has 39 heavy (non-hydrogen) atoms. The van der Waals surface area contributed by atoms with Gasteiger partial charge in [-0.25, -0.2) is 4.79 Å². The van der Waals surface area contributed by atoms with Crippen molar-refractivity contribution >= 4 is 12.0 Å². The highest BCUT2D eigenvalue weighted by Gasteiger charge is 2.38. The Kier molecular flexibility index (Phi) is 11.9. The summed E-state index contributed by atoms with van der Waals surface area (Å²) < 4.78 is 10.3. The van der Waals surface area contributed by atoms with Crippen LogP contribution in [0.4, 0.5) is 4.79 Å². The van der Waals surface area contributed by atoms with Crippen LogP contribution in [-0.4, -0.2) is 66.0 Å². The quantitative estimate of drug-likeness (QED) is 0.111. The van der Waals surface area contributed by atoms with Crippen molar-refractivity contribution in [1.82, 2.24) is 21.4 Å². The molecule has 2 rings (SSSR count). The molecule has 0 radical (unpaired) electrons. The highest BCUT2D eigenvalue weighted by molar-refractivity contribution is 5.94. The number of rotatable bonds is 11. The Morgan fingerprint density at radius 1 is 0.949 bits per heavy atom. The van der Waals surface area contributed by atoms with Gasteiger partial charge in [0, 0.05) is 36.9 Å². The number of hydrogen-bond donors (Lipinski definition) is 6. The molecule has 0 spiro atoms. The third-order valence-electron chi connectivity index (χ3n) is 5.60. The summed E-state index contributed by atoms with van der Waals surface area (Å²) in [7, 11) is 1.67. The van der Waals surface area contributed by atoms with Gasteiger partial charge in [-0.05, 0) is 76.6 Å². The topological polar surface area (TPSA) is 141 Å². The van der Waals surface area contributed by atoms with Crippen LogP contribution in [0, 0.1) is 11.8 Å². The molecule has 0 bridgehead atoms. The lowest BCUT2D eigenvalue weighted by Crippen LogP contribution is -2.66. The summed E-state index contributed by atoms with van der Waals surface area (Å²) in [5.74, 6) is 5.68. The minimum absolute atomic E-state index is 0.314. The fourth-order valence-electron chi connectivity index (χ4n) is 3.56. The molecule has 0 fully saturated rings. The predicted molar refractivity (Wildman–Crippen MR) is 148 cm³/mol. The summed E-state index contributed by atoms with van der Waals surface area (Å²) >= 11 is 0. The Labute approximate surface area is 230 Å². The second-order valence-corrected chi connectivity index (χ2v) is 10.6. The molecule has 1 unspecified atom stereocenters. The maximum absolute atomic E-state index is 12.9. The van der Waals surface area contributed by atoms with Gasteiger partial charge < -0.3 is 35.7 Å². The second kappa shape index (κ2) is 14.6. The van der Waals surface area contributed by atoms with Crippen molar-refractivity contribution in [3.8, 4) is 11.8 Å². The lowest BCUT2D eigenvalue weighted by atomic mass is 9.92. The van der Waals surface area contributed by atoms with Crippen molar-refractivity contribution < 1.29 is 29.4 Å². The molecule has 2 atom stereocenters. The normalized spacial score (nSPS) is 13.0. The average molecular weight is 541 g/mol. The fraction of sp³-hybridized carbons (Fsp3) is 0.448. The summed E-state index contributed by atoms with van der Waals surface area (Å²) in [6.07, 6.45) is -2.30. The van der Waals surface area contributed by atoms with Gasteiger partial charge in [0.25, 0.3) is 5.91 Å². The van der Waals surface area contributed by atoms with Crippen molar-refractivity contribution in [1.29, 1.82) is 0 Å². The van der Waals surface area contributed by atoms with Gasteiger partial charge in [-0.1, -0.05) is 24.0 Å². The van der Waals surface area contributed by atoms with Gasteiger partial charge in [0.2, 0.25) is 0 Å². The van der Waals surface area contributed by atoms with Crippen LogP contribution in [0.25, 0.3) is 0 Å². The smallest absolute Gasteiger partial charge is 0.408 e. The van der Waals surface area contributed by atoms with Gasteiger partial charge in [-0.3, -0.25) is 4.79 Å². The van der Waals surface area contributed by atoms with Gasteiger partial charge in [0.15, 0.2) is 0 Å². The molecule has 0 saturated heterocycles. The van der Waals surface area contributed by atoms with Crippen molar-refractivity contribution in [3.63, 3.8) is 0 Å². The maximum Gasteiger partial charge on any atom is 0.408 e. The average Bonchev–Trinajstić information content (AvgIpc) is 2.87. The molecule has 0 aliphatic heterocycles. The van der Waals surface area contributed by atoms with Crippen LogP contribution < -0.4 is 21.4 Å². The van der Waals surface area contributed by atoms with E-state index in [2.05, 4.69) is 27.8 Å². The number of hydrogen-bond acceptors (Lipinski definition) is 8. The number of carbonyl (C=O) groups is 2. The third kappa shape index (κ3) is 11.0. The minimum atomic E-state index is -1.57. The molecule has 0 saturated carbocycles. The van der Waals surface area contributed by atoms with E-state index in [0.29, 0.717) is 12.2 Å². The van der Waals surface area contributed by atoms with E-state index < -0.39 is 35.4 Å². The molecule has 6 N–H and O–H groups in total. The lowest BCUT2D eigenvalue weighted by molar-refractivity contribution is -0.0384. The Morgan fingerprint density at radius 2 is 1.51 bits per heavy atom. The number of nitrogens with one attached hydrogen (secondary N) is 4. The first-order valence-corrected chi connectivity index (χ1v) is 12.6. The maximum atomic E-state index is 12.9. The van der Waals surface area contributed by atoms with E-state index in [1.54, 1.807) is 71.5 Å². The summed E-state index contributed by atoms with van der Waals surface area (Å²) in [6.45, 7) is 10.5. The van der Waals surface area contributed by atoms with E-state index in [1.807, 2.05) is 24.3 Å². The van der Waals surface area contributed by atoms with E-state index >= 15 is 0 Å². The molecule has 2 amide bonds. The molecule has 0 heterocycles. The van der Waals surface area contributed by atoms with Crippen molar-refractivity contribution in [2.24, 2.45) is 0 Å². The Morgan fingerprint density at radius 3 is 2.03 bits per heavy atom. The number of alkyl carbamates (subject to hydrolysis) is 1. The molecule has 2 aromatic carbocycles. The van der Waals surface area contributed by atoms with Gasteiger partial charge in [-0.2, -0.15) is 5.48 Å². The summed E-state index contributed by atoms with van der Waals surface area (Å²) in [6, 6.07) is 13.5. The minimum Gasteiger partial charge on any atom is -0.444 e. The molecule has 2 aromatic rings. The van der Waals surface area contributed by atoms with Crippen LogP contribution in [0.1, 0.15) is 61.7 Å². The van der Waals surface area contributed by atoms with Crippen molar-refractivity contribution in [2.75, 3.05) is 20.3 Å². The predicted octanol–water partition coefficient (Wildman–Crippen LogP) is 2.52. The fourth-order valence-corrected chi connectivity index (χ4v) is 3.56. The molecular weight excluding hydrogens is 500 g/mol. The first-order valence-electron chi connectivity index (χ1n) is 12.6. The van der Waals surface area contributed by atoms with Crippen LogP contribution in [0.5, 0.6) is 0 Å². The van der Waals surface area contributed by atoms with E-state index in [0.717, 1.165) is 29.8 Å². The van der Waals surface area contributed by atoms with Crippen molar-refractivity contribution in [2.45, 2.75) is 64.6 Å². The Bertz CT molecular complexity index is 1130.